The minimum Gasteiger partial charge on any atom is -0.368 e. The van der Waals surface area contributed by atoms with Gasteiger partial charge in [-0.3, -0.25) is 9.69 Å². The lowest BCUT2D eigenvalue weighted by molar-refractivity contribution is -0.0328. The Morgan fingerprint density at radius 1 is 1.53 bits per heavy atom. The minimum absolute atomic E-state index is 0.00118. The molecule has 1 fully saturated rings. The molecule has 19 heavy (non-hydrogen) atoms. The molecular weight excluding hydrogens is 244 g/mol. The standard InChI is InChI=1S/C13H20N4O2/c1-2-17-5-6-19-11(8-17)12-15-10-7-14-4-3-9(10)13(18)16-12/h11,14H,2-8H2,1H3,(H,15,16,18). The highest BCUT2D eigenvalue weighted by atomic mass is 16.5. The maximum absolute atomic E-state index is 12.1. The van der Waals surface area contributed by atoms with Gasteiger partial charge in [0, 0.05) is 25.2 Å². The Balaban J connectivity index is 1.88. The van der Waals surface area contributed by atoms with E-state index < -0.39 is 0 Å². The van der Waals surface area contributed by atoms with Gasteiger partial charge in [0.1, 0.15) is 11.9 Å². The van der Waals surface area contributed by atoms with Crippen LogP contribution in [0.4, 0.5) is 0 Å². The third-order valence-corrected chi connectivity index (χ3v) is 3.87. The van der Waals surface area contributed by atoms with Crippen LogP contribution in [0.3, 0.4) is 0 Å². The molecule has 1 aromatic heterocycles. The number of morpholine rings is 1. The summed E-state index contributed by atoms with van der Waals surface area (Å²) < 4.78 is 5.75. The molecule has 3 heterocycles. The number of aromatic nitrogens is 2. The van der Waals surface area contributed by atoms with Crippen LogP contribution in [0, 0.1) is 0 Å². The number of ether oxygens (including phenoxy) is 1. The van der Waals surface area contributed by atoms with Crippen molar-refractivity contribution < 1.29 is 4.74 Å². The highest BCUT2D eigenvalue weighted by molar-refractivity contribution is 5.21. The fourth-order valence-electron chi connectivity index (χ4n) is 2.70. The van der Waals surface area contributed by atoms with Crippen molar-refractivity contribution in [2.75, 3.05) is 32.8 Å². The fourth-order valence-corrected chi connectivity index (χ4v) is 2.70. The molecule has 6 heteroatoms. The number of nitrogens with one attached hydrogen (secondary N) is 2. The van der Waals surface area contributed by atoms with Crippen LogP contribution in [0.5, 0.6) is 0 Å². The molecule has 0 radical (unpaired) electrons. The van der Waals surface area contributed by atoms with E-state index in [0.29, 0.717) is 19.0 Å². The summed E-state index contributed by atoms with van der Waals surface area (Å²) in [6.07, 6.45) is 0.638. The van der Waals surface area contributed by atoms with Gasteiger partial charge >= 0.3 is 0 Å². The van der Waals surface area contributed by atoms with Gasteiger partial charge < -0.3 is 15.0 Å². The summed E-state index contributed by atoms with van der Waals surface area (Å²) in [5, 5.41) is 3.25. The second kappa shape index (κ2) is 5.40. The highest BCUT2D eigenvalue weighted by Crippen LogP contribution is 2.19. The number of likely N-dealkylation sites (N-methyl/N-ethyl adjacent to an activating group) is 1. The molecule has 2 aliphatic heterocycles. The molecule has 3 rings (SSSR count). The van der Waals surface area contributed by atoms with Gasteiger partial charge in [0.15, 0.2) is 0 Å². The lowest BCUT2D eigenvalue weighted by Gasteiger charge is -2.31. The summed E-state index contributed by atoms with van der Waals surface area (Å²) in [5.41, 5.74) is 1.70. The van der Waals surface area contributed by atoms with E-state index >= 15 is 0 Å². The van der Waals surface area contributed by atoms with Crippen molar-refractivity contribution >= 4 is 0 Å². The molecule has 0 amide bonds. The fraction of sp³-hybridized carbons (Fsp3) is 0.692. The van der Waals surface area contributed by atoms with Gasteiger partial charge in [0.25, 0.3) is 5.56 Å². The van der Waals surface area contributed by atoms with Gasteiger partial charge in [-0.15, -0.1) is 0 Å². The average Bonchev–Trinajstić information content (AvgIpc) is 2.47. The molecule has 0 aliphatic carbocycles. The lowest BCUT2D eigenvalue weighted by atomic mass is 10.1. The van der Waals surface area contributed by atoms with Gasteiger partial charge in [0.2, 0.25) is 0 Å². The summed E-state index contributed by atoms with van der Waals surface area (Å²) >= 11 is 0. The zero-order valence-electron chi connectivity index (χ0n) is 11.2. The lowest BCUT2D eigenvalue weighted by Crippen LogP contribution is -2.40. The van der Waals surface area contributed by atoms with E-state index in [9.17, 15) is 4.79 Å². The van der Waals surface area contributed by atoms with Crippen LogP contribution in [0.1, 0.15) is 30.1 Å². The predicted octanol–water partition coefficient (Wildman–Crippen LogP) is -0.191. The van der Waals surface area contributed by atoms with Crippen LogP contribution in [-0.4, -0.2) is 47.7 Å². The van der Waals surface area contributed by atoms with Crippen molar-refractivity contribution in [3.8, 4) is 0 Å². The van der Waals surface area contributed by atoms with Crippen molar-refractivity contribution in [1.29, 1.82) is 0 Å². The van der Waals surface area contributed by atoms with Crippen LogP contribution in [0.2, 0.25) is 0 Å². The zero-order chi connectivity index (χ0) is 13.2. The van der Waals surface area contributed by atoms with Gasteiger partial charge in [-0.1, -0.05) is 6.92 Å². The molecule has 1 saturated heterocycles. The Bertz CT molecular complexity index is 514. The van der Waals surface area contributed by atoms with E-state index in [2.05, 4.69) is 27.1 Å². The van der Waals surface area contributed by atoms with E-state index in [1.807, 2.05) is 0 Å². The highest BCUT2D eigenvalue weighted by Gasteiger charge is 2.25. The normalized spacial score (nSPS) is 24.2. The minimum atomic E-state index is -0.117. The van der Waals surface area contributed by atoms with E-state index in [0.717, 1.165) is 43.9 Å². The van der Waals surface area contributed by atoms with E-state index in [4.69, 9.17) is 4.74 Å². The average molecular weight is 264 g/mol. The first-order valence-electron chi connectivity index (χ1n) is 6.94. The van der Waals surface area contributed by atoms with Crippen LogP contribution in [0.15, 0.2) is 4.79 Å². The van der Waals surface area contributed by atoms with Crippen molar-refractivity contribution in [3.05, 3.63) is 27.4 Å². The molecule has 104 valence electrons. The molecule has 0 saturated carbocycles. The first-order valence-corrected chi connectivity index (χ1v) is 6.94. The van der Waals surface area contributed by atoms with E-state index in [1.165, 1.54) is 0 Å². The Morgan fingerprint density at radius 3 is 3.26 bits per heavy atom. The molecule has 0 spiro atoms. The Morgan fingerprint density at radius 2 is 2.42 bits per heavy atom. The first-order chi connectivity index (χ1) is 9.28. The summed E-state index contributed by atoms with van der Waals surface area (Å²) in [6.45, 7) is 7.09. The molecule has 2 aliphatic rings. The summed E-state index contributed by atoms with van der Waals surface area (Å²) in [4.78, 5) is 21.9. The predicted molar refractivity (Wildman–Crippen MR) is 71.1 cm³/mol. The number of rotatable bonds is 2. The Labute approximate surface area is 112 Å². The molecular formula is C13H20N4O2. The van der Waals surface area contributed by atoms with Gasteiger partial charge in [-0.2, -0.15) is 0 Å². The first kappa shape index (κ1) is 12.8. The molecule has 6 nitrogen and oxygen atoms in total. The molecule has 0 bridgehead atoms. The largest absolute Gasteiger partial charge is 0.368 e. The quantitative estimate of drug-likeness (QED) is 0.775. The van der Waals surface area contributed by atoms with Crippen molar-refractivity contribution in [2.24, 2.45) is 0 Å². The Hall–Kier alpha value is -1.24. The smallest absolute Gasteiger partial charge is 0.254 e. The van der Waals surface area contributed by atoms with E-state index in [-0.39, 0.29) is 11.7 Å². The summed E-state index contributed by atoms with van der Waals surface area (Å²) in [7, 11) is 0. The Kier molecular flexibility index (Phi) is 3.63. The van der Waals surface area contributed by atoms with E-state index in [1.54, 1.807) is 0 Å². The maximum atomic E-state index is 12.1. The molecule has 1 aromatic rings. The van der Waals surface area contributed by atoms with Crippen LogP contribution >= 0.6 is 0 Å². The number of fused-ring (bicyclic) bond motifs is 1. The maximum Gasteiger partial charge on any atom is 0.254 e. The van der Waals surface area contributed by atoms with Crippen molar-refractivity contribution in [3.63, 3.8) is 0 Å². The second-order valence-corrected chi connectivity index (χ2v) is 5.06. The monoisotopic (exact) mass is 264 g/mol. The van der Waals surface area contributed by atoms with Crippen LogP contribution < -0.4 is 10.9 Å². The number of hydrogen-bond donors (Lipinski definition) is 2. The number of H-pyrrole nitrogens is 1. The van der Waals surface area contributed by atoms with Crippen molar-refractivity contribution in [2.45, 2.75) is 26.0 Å². The summed E-state index contributed by atoms with van der Waals surface area (Å²) in [5.74, 6) is 0.672. The third kappa shape index (κ3) is 2.56. The number of nitrogens with zero attached hydrogens (tertiary/aromatic N) is 2. The number of aromatic amines is 1. The van der Waals surface area contributed by atoms with Crippen LogP contribution in [0.25, 0.3) is 0 Å². The summed E-state index contributed by atoms with van der Waals surface area (Å²) in [6, 6.07) is 0. The van der Waals surface area contributed by atoms with Gasteiger partial charge in [0.05, 0.1) is 12.3 Å². The van der Waals surface area contributed by atoms with Gasteiger partial charge in [-0.05, 0) is 19.5 Å². The van der Waals surface area contributed by atoms with Crippen molar-refractivity contribution in [1.82, 2.24) is 20.2 Å². The second-order valence-electron chi connectivity index (χ2n) is 5.06. The SMILES string of the molecule is CCN1CCOC(c2nc3c(c(=O)[nH]2)CCNC3)C1. The molecule has 2 N–H and O–H groups in total. The molecule has 1 unspecified atom stereocenters. The topological polar surface area (TPSA) is 70.2 Å². The van der Waals surface area contributed by atoms with Gasteiger partial charge in [-0.25, -0.2) is 4.98 Å². The third-order valence-electron chi connectivity index (χ3n) is 3.87. The molecule has 1 atom stereocenters. The zero-order valence-corrected chi connectivity index (χ0v) is 11.2. The van der Waals surface area contributed by atoms with Crippen LogP contribution in [-0.2, 0) is 17.7 Å². The molecule has 0 aromatic carbocycles. The number of hydrogen-bond acceptors (Lipinski definition) is 5.